The SMILES string of the molecule is CC(C)(C)OC(=O)N1CCC[C@H]1C#N.CC(C)(C)OC(=O)N1CCC[C@H]1C(N)=O. The summed E-state index contributed by atoms with van der Waals surface area (Å²) in [5.74, 6) is -0.460. The molecule has 9 heteroatoms. The third-order valence-electron chi connectivity index (χ3n) is 4.24. The van der Waals surface area contributed by atoms with Crippen molar-refractivity contribution in [2.24, 2.45) is 5.73 Å². The zero-order valence-corrected chi connectivity index (χ0v) is 18.4. The monoisotopic (exact) mass is 410 g/mol. The van der Waals surface area contributed by atoms with Crippen LogP contribution in [0.25, 0.3) is 0 Å². The van der Waals surface area contributed by atoms with Crippen molar-refractivity contribution < 1.29 is 23.9 Å². The maximum absolute atomic E-state index is 11.7. The third-order valence-corrected chi connectivity index (χ3v) is 4.24. The predicted molar refractivity (Wildman–Crippen MR) is 107 cm³/mol. The van der Waals surface area contributed by atoms with Crippen molar-refractivity contribution in [3.63, 3.8) is 0 Å². The summed E-state index contributed by atoms with van der Waals surface area (Å²) in [4.78, 5) is 37.2. The van der Waals surface area contributed by atoms with E-state index in [2.05, 4.69) is 6.07 Å². The fourth-order valence-electron chi connectivity index (χ4n) is 3.04. The van der Waals surface area contributed by atoms with Crippen molar-refractivity contribution >= 4 is 18.1 Å². The van der Waals surface area contributed by atoms with Crippen LogP contribution < -0.4 is 5.73 Å². The highest BCUT2D eigenvalue weighted by Gasteiger charge is 2.35. The van der Waals surface area contributed by atoms with Crippen LogP contribution in [-0.4, -0.2) is 64.3 Å². The zero-order valence-electron chi connectivity index (χ0n) is 18.4. The minimum absolute atomic E-state index is 0.301. The average Bonchev–Trinajstić information content (AvgIpc) is 3.21. The molecule has 0 aromatic carbocycles. The molecule has 0 aromatic rings. The Balaban J connectivity index is 0.000000291. The number of carbonyl (C=O) groups is 3. The summed E-state index contributed by atoms with van der Waals surface area (Å²) in [6.45, 7) is 12.0. The molecule has 2 atom stereocenters. The Labute approximate surface area is 173 Å². The molecule has 0 saturated carbocycles. The third kappa shape index (κ3) is 8.18. The molecular weight excluding hydrogens is 376 g/mol. The zero-order chi connectivity index (χ0) is 22.4. The summed E-state index contributed by atoms with van der Waals surface area (Å²) in [6, 6.07) is 1.30. The standard InChI is InChI=1S/C10H18N2O3.C10H16N2O2/c1-10(2,3)15-9(14)12-6-4-5-7(12)8(11)13;1-10(2,3)14-9(13)12-6-4-5-8(12)7-11/h7H,4-6H2,1-3H3,(H2,11,13);8H,4-6H2,1-3H3/t7-;8-/m00/s1. The van der Waals surface area contributed by atoms with E-state index in [-0.39, 0.29) is 12.1 Å². The van der Waals surface area contributed by atoms with Gasteiger partial charge in [-0.3, -0.25) is 14.6 Å². The van der Waals surface area contributed by atoms with Crippen LogP contribution in [0.1, 0.15) is 67.2 Å². The van der Waals surface area contributed by atoms with E-state index in [1.165, 1.54) is 9.80 Å². The van der Waals surface area contributed by atoms with E-state index in [0.29, 0.717) is 19.5 Å². The van der Waals surface area contributed by atoms with Gasteiger partial charge in [0.2, 0.25) is 5.91 Å². The maximum Gasteiger partial charge on any atom is 0.411 e. The van der Waals surface area contributed by atoms with E-state index in [9.17, 15) is 14.4 Å². The molecule has 0 spiro atoms. The van der Waals surface area contributed by atoms with Gasteiger partial charge in [0.05, 0.1) is 6.07 Å². The highest BCUT2D eigenvalue weighted by Crippen LogP contribution is 2.21. The first kappa shape index (κ1) is 24.5. The summed E-state index contributed by atoms with van der Waals surface area (Å²) in [5, 5.41) is 8.78. The van der Waals surface area contributed by atoms with Crippen LogP contribution in [0.15, 0.2) is 0 Å². The van der Waals surface area contributed by atoms with Crippen molar-refractivity contribution in [2.45, 2.75) is 90.5 Å². The van der Waals surface area contributed by atoms with Gasteiger partial charge in [0.1, 0.15) is 23.3 Å². The van der Waals surface area contributed by atoms with Gasteiger partial charge >= 0.3 is 12.2 Å². The molecule has 0 radical (unpaired) electrons. The van der Waals surface area contributed by atoms with Crippen LogP contribution in [0, 0.1) is 11.3 Å². The van der Waals surface area contributed by atoms with Gasteiger partial charge in [-0.2, -0.15) is 5.26 Å². The maximum atomic E-state index is 11.7. The highest BCUT2D eigenvalue weighted by molar-refractivity contribution is 5.84. The number of hydrogen-bond acceptors (Lipinski definition) is 6. The molecule has 2 fully saturated rings. The van der Waals surface area contributed by atoms with Gasteiger partial charge in [0.25, 0.3) is 0 Å². The van der Waals surface area contributed by atoms with Crippen molar-refractivity contribution in [1.82, 2.24) is 9.80 Å². The van der Waals surface area contributed by atoms with Gasteiger partial charge in [-0.15, -0.1) is 0 Å². The Morgan fingerprint density at radius 1 is 0.897 bits per heavy atom. The number of nitrogens with zero attached hydrogens (tertiary/aromatic N) is 3. The molecule has 2 rings (SSSR count). The Bertz CT molecular complexity index is 645. The van der Waals surface area contributed by atoms with Crippen LogP contribution >= 0.6 is 0 Å². The number of ether oxygens (including phenoxy) is 2. The van der Waals surface area contributed by atoms with Gasteiger partial charge in [-0.1, -0.05) is 0 Å². The molecule has 0 bridgehead atoms. The van der Waals surface area contributed by atoms with Gasteiger partial charge in [-0.05, 0) is 67.2 Å². The number of likely N-dealkylation sites (tertiary alicyclic amines) is 2. The summed E-state index contributed by atoms with van der Waals surface area (Å²) in [6.07, 6.45) is 2.25. The number of hydrogen-bond donors (Lipinski definition) is 1. The molecule has 0 aliphatic carbocycles. The molecule has 9 nitrogen and oxygen atoms in total. The molecule has 2 aliphatic rings. The molecule has 2 heterocycles. The molecule has 3 amide bonds. The lowest BCUT2D eigenvalue weighted by Crippen LogP contribution is -2.45. The predicted octanol–water partition coefficient (Wildman–Crippen LogP) is 2.78. The quantitative estimate of drug-likeness (QED) is 0.708. The van der Waals surface area contributed by atoms with Crippen molar-refractivity contribution in [3.05, 3.63) is 0 Å². The largest absolute Gasteiger partial charge is 0.444 e. The molecule has 2 saturated heterocycles. The van der Waals surface area contributed by atoms with Gasteiger partial charge in [0, 0.05) is 13.1 Å². The smallest absolute Gasteiger partial charge is 0.411 e. The lowest BCUT2D eigenvalue weighted by atomic mass is 10.2. The molecular formula is C20H34N4O5. The van der Waals surface area contributed by atoms with Crippen molar-refractivity contribution in [3.8, 4) is 6.07 Å². The lowest BCUT2D eigenvalue weighted by Gasteiger charge is -2.27. The second-order valence-electron chi connectivity index (χ2n) is 9.19. The minimum atomic E-state index is -0.540. The highest BCUT2D eigenvalue weighted by atomic mass is 16.6. The second kappa shape index (κ2) is 9.81. The molecule has 0 unspecified atom stereocenters. The van der Waals surface area contributed by atoms with E-state index in [1.54, 1.807) is 20.8 Å². The Kier molecular flexibility index (Phi) is 8.30. The number of nitriles is 1. The fraction of sp³-hybridized carbons (Fsp3) is 0.800. The first-order chi connectivity index (χ1) is 13.2. The lowest BCUT2D eigenvalue weighted by molar-refractivity contribution is -0.122. The summed E-state index contributed by atoms with van der Waals surface area (Å²) >= 11 is 0. The van der Waals surface area contributed by atoms with Crippen LogP contribution in [-0.2, 0) is 14.3 Å². The van der Waals surface area contributed by atoms with E-state index >= 15 is 0 Å². The number of rotatable bonds is 1. The summed E-state index contributed by atoms with van der Waals surface area (Å²) in [7, 11) is 0. The van der Waals surface area contributed by atoms with E-state index < -0.39 is 29.2 Å². The topological polar surface area (TPSA) is 126 Å². The van der Waals surface area contributed by atoms with Gasteiger partial charge in [0.15, 0.2) is 0 Å². The number of carbonyl (C=O) groups excluding carboxylic acids is 3. The van der Waals surface area contributed by atoms with Crippen LogP contribution in [0.3, 0.4) is 0 Å². The van der Waals surface area contributed by atoms with Crippen molar-refractivity contribution in [1.29, 1.82) is 5.26 Å². The summed E-state index contributed by atoms with van der Waals surface area (Å²) in [5.41, 5.74) is 4.18. The number of amides is 3. The van der Waals surface area contributed by atoms with Crippen LogP contribution in [0.4, 0.5) is 9.59 Å². The fourth-order valence-corrected chi connectivity index (χ4v) is 3.04. The summed E-state index contributed by atoms with van der Waals surface area (Å²) < 4.78 is 10.4. The van der Waals surface area contributed by atoms with Crippen LogP contribution in [0.2, 0.25) is 0 Å². The molecule has 2 N–H and O–H groups in total. The van der Waals surface area contributed by atoms with E-state index in [0.717, 1.165) is 19.3 Å². The van der Waals surface area contributed by atoms with Gasteiger partial charge in [-0.25, -0.2) is 9.59 Å². The first-order valence-electron chi connectivity index (χ1n) is 9.93. The Hall–Kier alpha value is -2.50. The van der Waals surface area contributed by atoms with E-state index in [1.807, 2.05) is 20.8 Å². The average molecular weight is 411 g/mol. The minimum Gasteiger partial charge on any atom is -0.444 e. The molecule has 0 aromatic heterocycles. The number of primary amides is 1. The van der Waals surface area contributed by atoms with E-state index in [4.69, 9.17) is 20.5 Å². The molecule has 29 heavy (non-hydrogen) atoms. The number of nitrogens with two attached hydrogens (primary N) is 1. The van der Waals surface area contributed by atoms with Crippen molar-refractivity contribution in [2.75, 3.05) is 13.1 Å². The first-order valence-corrected chi connectivity index (χ1v) is 9.93. The normalized spacial score (nSPS) is 21.7. The Morgan fingerprint density at radius 3 is 1.79 bits per heavy atom. The van der Waals surface area contributed by atoms with Crippen LogP contribution in [0.5, 0.6) is 0 Å². The molecule has 2 aliphatic heterocycles. The Morgan fingerprint density at radius 2 is 1.34 bits per heavy atom. The van der Waals surface area contributed by atoms with Gasteiger partial charge < -0.3 is 15.2 Å². The molecule has 164 valence electrons. The second-order valence-corrected chi connectivity index (χ2v) is 9.19.